The number of hydrogen-bond donors (Lipinski definition) is 1. The van der Waals surface area contributed by atoms with Crippen LogP contribution < -0.4 is 5.32 Å². The van der Waals surface area contributed by atoms with Gasteiger partial charge in [0.25, 0.3) is 0 Å². The van der Waals surface area contributed by atoms with Crippen LogP contribution in [0.5, 0.6) is 0 Å². The van der Waals surface area contributed by atoms with Crippen LogP contribution in [0, 0.1) is 12.7 Å². The van der Waals surface area contributed by atoms with E-state index in [4.69, 9.17) is 0 Å². The quantitative estimate of drug-likeness (QED) is 0.934. The van der Waals surface area contributed by atoms with Gasteiger partial charge in [0, 0.05) is 26.2 Å². The summed E-state index contributed by atoms with van der Waals surface area (Å²) in [5, 5.41) is 7.64. The topological polar surface area (TPSA) is 15.3 Å². The Kier molecular flexibility index (Phi) is 4.15. The summed E-state index contributed by atoms with van der Waals surface area (Å²) in [5.41, 5.74) is 3.02. The molecule has 2 nitrogen and oxygen atoms in total. The fourth-order valence-electron chi connectivity index (χ4n) is 2.76. The average molecular weight is 290 g/mol. The van der Waals surface area contributed by atoms with Crippen LogP contribution in [0.3, 0.4) is 0 Å². The highest BCUT2D eigenvalue weighted by atomic mass is 32.1. The van der Waals surface area contributed by atoms with E-state index in [9.17, 15) is 4.39 Å². The molecular weight excluding hydrogens is 271 g/mol. The lowest BCUT2D eigenvalue weighted by molar-refractivity contribution is 0.198. The molecule has 0 amide bonds. The lowest BCUT2D eigenvalue weighted by Gasteiger charge is -2.35. The van der Waals surface area contributed by atoms with Crippen molar-refractivity contribution in [2.45, 2.75) is 13.0 Å². The Balaban J connectivity index is 1.98. The van der Waals surface area contributed by atoms with Gasteiger partial charge in [-0.2, -0.15) is 11.3 Å². The summed E-state index contributed by atoms with van der Waals surface area (Å²) in [4.78, 5) is 2.43. The van der Waals surface area contributed by atoms with Gasteiger partial charge in [-0.15, -0.1) is 0 Å². The van der Waals surface area contributed by atoms with Crippen molar-refractivity contribution in [2.24, 2.45) is 0 Å². The van der Waals surface area contributed by atoms with E-state index >= 15 is 0 Å². The van der Waals surface area contributed by atoms with Crippen molar-refractivity contribution in [3.05, 3.63) is 57.5 Å². The lowest BCUT2D eigenvalue weighted by atomic mass is 9.97. The smallest absolute Gasteiger partial charge is 0.126 e. The second-order valence-corrected chi connectivity index (χ2v) is 6.03. The highest BCUT2D eigenvalue weighted by molar-refractivity contribution is 7.08. The number of piperazine rings is 1. The lowest BCUT2D eigenvalue weighted by Crippen LogP contribution is -2.45. The summed E-state index contributed by atoms with van der Waals surface area (Å²) in [7, 11) is 0. The number of rotatable bonds is 3. The molecule has 1 aliphatic heterocycles. The van der Waals surface area contributed by atoms with Crippen LogP contribution in [0.25, 0.3) is 0 Å². The molecule has 0 bridgehead atoms. The number of nitrogens with one attached hydrogen (secondary N) is 1. The van der Waals surface area contributed by atoms with E-state index in [-0.39, 0.29) is 11.9 Å². The summed E-state index contributed by atoms with van der Waals surface area (Å²) < 4.78 is 13.9. The number of halogens is 1. The first kappa shape index (κ1) is 13.7. The number of benzene rings is 1. The summed E-state index contributed by atoms with van der Waals surface area (Å²) in [6, 6.07) is 7.95. The minimum atomic E-state index is -0.113. The maximum atomic E-state index is 13.9. The Labute approximate surface area is 123 Å². The first-order valence-electron chi connectivity index (χ1n) is 6.98. The van der Waals surface area contributed by atoms with Crippen LogP contribution in [-0.4, -0.2) is 31.1 Å². The van der Waals surface area contributed by atoms with Gasteiger partial charge >= 0.3 is 0 Å². The Morgan fingerprint density at radius 2 is 2.00 bits per heavy atom. The third-order valence-corrected chi connectivity index (χ3v) is 4.59. The molecule has 1 fully saturated rings. The van der Waals surface area contributed by atoms with Crippen LogP contribution in [0.4, 0.5) is 4.39 Å². The van der Waals surface area contributed by atoms with E-state index in [1.807, 2.05) is 13.0 Å². The van der Waals surface area contributed by atoms with Gasteiger partial charge in [0.1, 0.15) is 5.82 Å². The predicted molar refractivity (Wildman–Crippen MR) is 81.7 cm³/mol. The van der Waals surface area contributed by atoms with Crippen molar-refractivity contribution in [1.29, 1.82) is 0 Å². The molecule has 1 N–H and O–H groups in total. The number of thiophene rings is 1. The first-order chi connectivity index (χ1) is 9.75. The first-order valence-corrected chi connectivity index (χ1v) is 7.93. The third-order valence-electron chi connectivity index (χ3n) is 3.89. The highest BCUT2D eigenvalue weighted by Gasteiger charge is 2.24. The summed E-state index contributed by atoms with van der Waals surface area (Å²) in [5.74, 6) is -0.113. The van der Waals surface area contributed by atoms with Crippen molar-refractivity contribution in [3.63, 3.8) is 0 Å². The van der Waals surface area contributed by atoms with Crippen molar-refractivity contribution < 1.29 is 4.39 Å². The van der Waals surface area contributed by atoms with Crippen molar-refractivity contribution in [1.82, 2.24) is 10.2 Å². The van der Waals surface area contributed by atoms with Gasteiger partial charge in [-0.3, -0.25) is 4.90 Å². The Morgan fingerprint density at radius 3 is 2.65 bits per heavy atom. The number of hydrogen-bond acceptors (Lipinski definition) is 3. The normalized spacial score (nSPS) is 18.1. The molecule has 1 saturated heterocycles. The SMILES string of the molecule is Cc1ccc([C@@H](c2ccsc2)N2CCNCC2)cc1F. The zero-order chi connectivity index (χ0) is 13.9. The fourth-order valence-corrected chi connectivity index (χ4v) is 3.44. The van der Waals surface area contributed by atoms with E-state index in [1.54, 1.807) is 17.4 Å². The van der Waals surface area contributed by atoms with E-state index in [0.29, 0.717) is 5.56 Å². The second-order valence-electron chi connectivity index (χ2n) is 5.25. The maximum Gasteiger partial charge on any atom is 0.126 e. The minimum absolute atomic E-state index is 0.113. The monoisotopic (exact) mass is 290 g/mol. The molecule has 1 aliphatic rings. The van der Waals surface area contributed by atoms with Gasteiger partial charge in [0.05, 0.1) is 6.04 Å². The maximum absolute atomic E-state index is 13.9. The molecule has 4 heteroatoms. The fraction of sp³-hybridized carbons (Fsp3) is 0.375. The summed E-state index contributed by atoms with van der Waals surface area (Å²) >= 11 is 1.70. The van der Waals surface area contributed by atoms with Crippen LogP contribution in [-0.2, 0) is 0 Å². The van der Waals surface area contributed by atoms with Gasteiger partial charge < -0.3 is 5.32 Å². The summed E-state index contributed by atoms with van der Waals surface area (Å²) in [6.45, 7) is 5.79. The van der Waals surface area contributed by atoms with Crippen LogP contribution in [0.15, 0.2) is 35.0 Å². The zero-order valence-corrected chi connectivity index (χ0v) is 12.4. The molecule has 3 rings (SSSR count). The van der Waals surface area contributed by atoms with Crippen molar-refractivity contribution in [2.75, 3.05) is 26.2 Å². The molecule has 0 unspecified atom stereocenters. The van der Waals surface area contributed by atoms with E-state index in [0.717, 1.165) is 31.7 Å². The van der Waals surface area contributed by atoms with Crippen molar-refractivity contribution >= 4 is 11.3 Å². The molecule has 20 heavy (non-hydrogen) atoms. The molecule has 2 aromatic rings. The third kappa shape index (κ3) is 2.77. The Morgan fingerprint density at radius 1 is 1.20 bits per heavy atom. The van der Waals surface area contributed by atoms with Gasteiger partial charge in [0.2, 0.25) is 0 Å². The number of nitrogens with zero attached hydrogens (tertiary/aromatic N) is 1. The Bertz CT molecular complexity index is 562. The van der Waals surface area contributed by atoms with Crippen LogP contribution in [0.2, 0.25) is 0 Å². The van der Waals surface area contributed by atoms with Gasteiger partial charge in [0.15, 0.2) is 0 Å². The molecule has 0 aliphatic carbocycles. The highest BCUT2D eigenvalue weighted by Crippen LogP contribution is 2.31. The molecule has 106 valence electrons. The van der Waals surface area contributed by atoms with E-state index in [2.05, 4.69) is 33.1 Å². The summed E-state index contributed by atoms with van der Waals surface area (Å²) in [6.07, 6.45) is 0. The molecule has 2 heterocycles. The number of aryl methyl sites for hydroxylation is 1. The zero-order valence-electron chi connectivity index (χ0n) is 11.6. The standard InChI is InChI=1S/C16H19FN2S/c1-12-2-3-13(10-15(12)17)16(14-4-9-20-11-14)19-7-5-18-6-8-19/h2-4,9-11,16,18H,5-8H2,1H3/t16-/m0/s1. The van der Waals surface area contributed by atoms with Gasteiger partial charge in [-0.05, 0) is 46.5 Å². The molecule has 0 radical (unpaired) electrons. The van der Waals surface area contributed by atoms with Crippen molar-refractivity contribution in [3.8, 4) is 0 Å². The molecule has 1 aromatic carbocycles. The largest absolute Gasteiger partial charge is 0.314 e. The van der Waals surface area contributed by atoms with Crippen LogP contribution >= 0.6 is 11.3 Å². The van der Waals surface area contributed by atoms with Gasteiger partial charge in [-0.25, -0.2) is 4.39 Å². The molecular formula is C16H19FN2S. The molecule has 0 spiro atoms. The predicted octanol–water partition coefficient (Wildman–Crippen LogP) is 3.19. The average Bonchev–Trinajstić information content (AvgIpc) is 2.98. The van der Waals surface area contributed by atoms with E-state index < -0.39 is 0 Å². The molecule has 1 atom stereocenters. The Hall–Kier alpha value is -1.23. The molecule has 1 aromatic heterocycles. The van der Waals surface area contributed by atoms with Gasteiger partial charge in [-0.1, -0.05) is 12.1 Å². The van der Waals surface area contributed by atoms with Crippen LogP contribution in [0.1, 0.15) is 22.7 Å². The molecule has 0 saturated carbocycles. The second kappa shape index (κ2) is 6.04. The van der Waals surface area contributed by atoms with E-state index in [1.165, 1.54) is 5.56 Å². The minimum Gasteiger partial charge on any atom is -0.314 e.